The molecule has 204 valence electrons. The second-order valence-corrected chi connectivity index (χ2v) is 12.8. The van der Waals surface area contributed by atoms with Crippen molar-refractivity contribution in [3.8, 4) is 5.75 Å². The lowest BCUT2D eigenvalue weighted by molar-refractivity contribution is -0.0445. The SMILES string of the molecule is C=C[C@H]1CN2CCC1C[C@H]2[C@H](O)c1cc(C(CC)[Si](OCC)(OCC)OCC)nc2ccc(OC)cc12. The summed E-state index contributed by atoms with van der Waals surface area (Å²) in [5.41, 5.74) is 2.44. The van der Waals surface area contributed by atoms with Gasteiger partial charge in [0.2, 0.25) is 0 Å². The Kier molecular flexibility index (Phi) is 9.42. The highest BCUT2D eigenvalue weighted by Crippen LogP contribution is 2.43. The second kappa shape index (κ2) is 12.4. The van der Waals surface area contributed by atoms with Crippen LogP contribution in [0.25, 0.3) is 10.9 Å². The Labute approximate surface area is 223 Å². The van der Waals surface area contributed by atoms with Crippen LogP contribution < -0.4 is 4.74 Å². The Morgan fingerprint density at radius 3 is 2.38 bits per heavy atom. The third-order valence-corrected chi connectivity index (χ3v) is 11.8. The number of hydrogen-bond acceptors (Lipinski definition) is 7. The minimum Gasteiger partial charge on any atom is -0.497 e. The highest BCUT2D eigenvalue weighted by molar-refractivity contribution is 6.62. The van der Waals surface area contributed by atoms with Crippen LogP contribution >= 0.6 is 0 Å². The van der Waals surface area contributed by atoms with Gasteiger partial charge in [-0.3, -0.25) is 9.88 Å². The van der Waals surface area contributed by atoms with E-state index in [9.17, 15) is 5.11 Å². The van der Waals surface area contributed by atoms with Gasteiger partial charge in [-0.2, -0.15) is 0 Å². The summed E-state index contributed by atoms with van der Waals surface area (Å²) >= 11 is 0. The second-order valence-electron chi connectivity index (χ2n) is 10.1. The fraction of sp³-hybridized carbons (Fsp3) is 0.621. The molecule has 0 saturated carbocycles. The van der Waals surface area contributed by atoms with E-state index in [4.69, 9.17) is 23.0 Å². The van der Waals surface area contributed by atoms with Gasteiger partial charge in [0.05, 0.1) is 24.3 Å². The molecule has 3 aliphatic rings. The largest absolute Gasteiger partial charge is 0.510 e. The van der Waals surface area contributed by atoms with Crippen molar-refractivity contribution in [2.24, 2.45) is 11.8 Å². The first-order valence-electron chi connectivity index (χ1n) is 13.9. The van der Waals surface area contributed by atoms with Crippen molar-refractivity contribution in [2.75, 3.05) is 40.0 Å². The van der Waals surface area contributed by atoms with Crippen molar-refractivity contribution in [1.29, 1.82) is 0 Å². The van der Waals surface area contributed by atoms with Crippen LogP contribution in [0.1, 0.15) is 69.9 Å². The van der Waals surface area contributed by atoms with Crippen LogP contribution in [-0.2, 0) is 13.3 Å². The van der Waals surface area contributed by atoms with E-state index in [2.05, 4.69) is 30.5 Å². The first-order valence-corrected chi connectivity index (χ1v) is 15.7. The van der Waals surface area contributed by atoms with Gasteiger partial charge in [0.15, 0.2) is 0 Å². The van der Waals surface area contributed by atoms with Crippen molar-refractivity contribution in [3.63, 3.8) is 0 Å². The smallest absolute Gasteiger partial charge is 0.497 e. The number of benzene rings is 1. The Bertz CT molecular complexity index is 1050. The van der Waals surface area contributed by atoms with Gasteiger partial charge in [-0.1, -0.05) is 13.0 Å². The normalized spacial score (nSPS) is 25.2. The van der Waals surface area contributed by atoms with E-state index >= 15 is 0 Å². The number of ether oxygens (including phenoxy) is 1. The third-order valence-electron chi connectivity index (χ3n) is 8.13. The first kappa shape index (κ1) is 28.2. The molecule has 0 spiro atoms. The number of methoxy groups -OCH3 is 1. The van der Waals surface area contributed by atoms with Crippen LogP contribution in [0.4, 0.5) is 0 Å². The first-order chi connectivity index (χ1) is 17.9. The zero-order chi connectivity index (χ0) is 26.6. The maximum Gasteiger partial charge on any atom is 0.510 e. The lowest BCUT2D eigenvalue weighted by Gasteiger charge is -2.50. The molecule has 3 aliphatic heterocycles. The van der Waals surface area contributed by atoms with Crippen LogP contribution in [0.3, 0.4) is 0 Å². The number of piperidine rings is 3. The molecule has 0 amide bonds. The van der Waals surface area contributed by atoms with Crippen LogP contribution in [0.2, 0.25) is 0 Å². The summed E-state index contributed by atoms with van der Waals surface area (Å²) in [6, 6.07) is 8.04. The number of rotatable bonds is 13. The van der Waals surface area contributed by atoms with Gasteiger partial charge >= 0.3 is 8.80 Å². The van der Waals surface area contributed by atoms with Gasteiger partial charge in [-0.05, 0) is 88.2 Å². The monoisotopic (exact) mass is 528 g/mol. The predicted molar refractivity (Wildman–Crippen MR) is 149 cm³/mol. The van der Waals surface area contributed by atoms with Crippen molar-refractivity contribution in [3.05, 3.63) is 48.2 Å². The molecule has 5 rings (SSSR count). The molecule has 1 N–H and O–H groups in total. The Morgan fingerprint density at radius 1 is 1.14 bits per heavy atom. The van der Waals surface area contributed by atoms with E-state index in [-0.39, 0.29) is 11.6 Å². The zero-order valence-electron chi connectivity index (χ0n) is 23.1. The summed E-state index contributed by atoms with van der Waals surface area (Å²) in [5, 5.41) is 12.9. The predicted octanol–water partition coefficient (Wildman–Crippen LogP) is 5.25. The number of pyridine rings is 1. The van der Waals surface area contributed by atoms with E-state index in [0.717, 1.165) is 53.8 Å². The Balaban J connectivity index is 1.82. The van der Waals surface area contributed by atoms with Gasteiger partial charge in [0.25, 0.3) is 0 Å². The van der Waals surface area contributed by atoms with E-state index < -0.39 is 14.9 Å². The molecule has 4 heterocycles. The Morgan fingerprint density at radius 2 is 1.84 bits per heavy atom. The summed E-state index contributed by atoms with van der Waals surface area (Å²) in [4.78, 5) is 7.54. The molecule has 1 aromatic heterocycles. The molecule has 2 aromatic rings. The highest BCUT2D eigenvalue weighted by Gasteiger charge is 2.50. The molecule has 1 aromatic carbocycles. The number of nitrogens with zero attached hydrogens (tertiary/aromatic N) is 2. The van der Waals surface area contributed by atoms with Crippen molar-refractivity contribution >= 4 is 19.7 Å². The lowest BCUT2D eigenvalue weighted by atomic mass is 9.73. The van der Waals surface area contributed by atoms with Crippen LogP contribution in [0.5, 0.6) is 5.75 Å². The standard InChI is InChI=1S/C29H44N2O5Si/c1-7-20-19-31-15-14-21(20)16-27(31)29(32)24-18-26(30-25-13-12-22(33-6)17-23(24)25)28(8-2)37(34-9-3,35-10-4)36-11-5/h7,12-13,17-18,20-21,27-29,32H,1,8-11,14-16,19H2,2-6H3/t20-,21?,27-,28?,29+/m0/s1. The summed E-state index contributed by atoms with van der Waals surface area (Å²) in [6.07, 6.45) is 4.34. The zero-order valence-corrected chi connectivity index (χ0v) is 24.1. The topological polar surface area (TPSA) is 73.3 Å². The molecule has 7 nitrogen and oxygen atoms in total. The summed E-state index contributed by atoms with van der Waals surface area (Å²) in [5.74, 6) is 1.82. The molecule has 3 saturated heterocycles. The van der Waals surface area contributed by atoms with E-state index in [1.165, 1.54) is 6.42 Å². The average Bonchev–Trinajstić information content (AvgIpc) is 2.92. The number of aliphatic hydroxyl groups is 1. The molecule has 2 bridgehead atoms. The summed E-state index contributed by atoms with van der Waals surface area (Å²) < 4.78 is 24.5. The fourth-order valence-corrected chi connectivity index (χ4v) is 9.46. The quantitative estimate of drug-likeness (QED) is 0.281. The van der Waals surface area contributed by atoms with Gasteiger partial charge in [-0.15, -0.1) is 6.58 Å². The Hall–Kier alpha value is -1.81. The fourth-order valence-electron chi connectivity index (χ4n) is 6.39. The van der Waals surface area contributed by atoms with Gasteiger partial charge in [-0.25, -0.2) is 0 Å². The molecular formula is C29H44N2O5Si. The molecule has 6 atom stereocenters. The summed E-state index contributed by atoms with van der Waals surface area (Å²) in [7, 11) is -1.42. The van der Waals surface area contributed by atoms with Gasteiger partial charge in [0.1, 0.15) is 5.75 Å². The third kappa shape index (κ3) is 5.51. The van der Waals surface area contributed by atoms with E-state index in [0.29, 0.717) is 31.7 Å². The lowest BCUT2D eigenvalue weighted by Crippen LogP contribution is -2.55. The van der Waals surface area contributed by atoms with Gasteiger partial charge in [0, 0.05) is 43.5 Å². The van der Waals surface area contributed by atoms with Gasteiger partial charge < -0.3 is 23.1 Å². The van der Waals surface area contributed by atoms with Crippen LogP contribution in [0, 0.1) is 11.8 Å². The maximum atomic E-state index is 12.0. The van der Waals surface area contributed by atoms with Crippen molar-refractivity contribution in [1.82, 2.24) is 9.88 Å². The number of hydrogen-bond donors (Lipinski definition) is 1. The summed E-state index contributed by atoms with van der Waals surface area (Å²) in [6.45, 7) is 15.6. The maximum absolute atomic E-state index is 12.0. The molecule has 37 heavy (non-hydrogen) atoms. The minimum absolute atomic E-state index is 0.0624. The van der Waals surface area contributed by atoms with Crippen molar-refractivity contribution in [2.45, 2.75) is 64.6 Å². The minimum atomic E-state index is -3.09. The number of aliphatic hydroxyl groups excluding tert-OH is 1. The van der Waals surface area contributed by atoms with Crippen molar-refractivity contribution < 1.29 is 23.1 Å². The molecule has 8 heteroatoms. The van der Waals surface area contributed by atoms with Crippen LogP contribution in [-0.4, -0.2) is 69.9 Å². The average molecular weight is 529 g/mol. The highest BCUT2D eigenvalue weighted by atomic mass is 28.4. The molecule has 3 fully saturated rings. The van der Waals surface area contributed by atoms with E-state index in [1.807, 2.05) is 39.0 Å². The van der Waals surface area contributed by atoms with E-state index in [1.54, 1.807) is 7.11 Å². The van der Waals surface area contributed by atoms with Crippen LogP contribution in [0.15, 0.2) is 36.9 Å². The number of aromatic nitrogens is 1. The molecule has 3 unspecified atom stereocenters. The molecule has 0 aliphatic carbocycles. The molecule has 0 radical (unpaired) electrons. The number of fused-ring (bicyclic) bond motifs is 4. The molecular weight excluding hydrogens is 484 g/mol.